The maximum absolute atomic E-state index is 12.4. The maximum Gasteiger partial charge on any atom is 0.356 e. The fraction of sp³-hybridized carbons (Fsp3) is 0.438. The van der Waals surface area contributed by atoms with Crippen molar-refractivity contribution in [1.29, 1.82) is 0 Å². The number of hydrogen-bond acceptors (Lipinski definition) is 4. The van der Waals surface area contributed by atoms with Crippen molar-refractivity contribution in [1.82, 2.24) is 14.5 Å². The van der Waals surface area contributed by atoms with E-state index in [0.29, 0.717) is 12.0 Å². The van der Waals surface area contributed by atoms with Crippen LogP contribution >= 0.6 is 0 Å². The summed E-state index contributed by atoms with van der Waals surface area (Å²) in [5.41, 5.74) is 2.94. The van der Waals surface area contributed by atoms with Gasteiger partial charge in [0.25, 0.3) is 0 Å². The molecule has 1 N–H and O–H groups in total. The van der Waals surface area contributed by atoms with Gasteiger partial charge in [0.2, 0.25) is 5.95 Å². The van der Waals surface area contributed by atoms with Gasteiger partial charge in [-0.15, -0.1) is 0 Å². The summed E-state index contributed by atoms with van der Waals surface area (Å²) in [4.78, 5) is 20.7. The Hall–Kier alpha value is -2.17. The van der Waals surface area contributed by atoms with Crippen LogP contribution in [0.1, 0.15) is 37.8 Å². The highest BCUT2D eigenvalue weighted by Crippen LogP contribution is 2.23. The number of hydrogen-bond donors (Lipinski definition) is 1. The fourth-order valence-electron chi connectivity index (χ4n) is 2.49. The molecule has 1 heterocycles. The molecule has 0 bridgehead atoms. The number of para-hydroxylation sites is 1. The van der Waals surface area contributed by atoms with Crippen LogP contribution in [0.5, 0.6) is 0 Å². The van der Waals surface area contributed by atoms with Gasteiger partial charge in [0.1, 0.15) is 6.33 Å². The van der Waals surface area contributed by atoms with Crippen LogP contribution in [0.3, 0.4) is 0 Å². The molecule has 2 aromatic rings. The Bertz CT molecular complexity index is 681. The van der Waals surface area contributed by atoms with E-state index in [1.807, 2.05) is 6.07 Å². The predicted molar refractivity (Wildman–Crippen MR) is 83.0 cm³/mol. The Morgan fingerprint density at radius 1 is 1.24 bits per heavy atom. The topological polar surface area (TPSA) is 59.8 Å². The third-order valence-corrected chi connectivity index (χ3v) is 3.82. The van der Waals surface area contributed by atoms with Crippen LogP contribution in [-0.4, -0.2) is 20.6 Å². The number of anilines is 1. The van der Waals surface area contributed by atoms with E-state index >= 15 is 0 Å². The molecule has 5 nitrogen and oxygen atoms in total. The lowest BCUT2D eigenvalue weighted by Crippen LogP contribution is -2.25. The summed E-state index contributed by atoms with van der Waals surface area (Å²) >= 11 is 0. The van der Waals surface area contributed by atoms with Crippen molar-refractivity contribution < 1.29 is 0 Å². The summed E-state index contributed by atoms with van der Waals surface area (Å²) in [6.07, 6.45) is 5.60. The second-order valence-corrected chi connectivity index (χ2v) is 5.38. The molecule has 1 aliphatic rings. The Labute approximate surface area is 124 Å². The average molecular weight is 284 g/mol. The van der Waals surface area contributed by atoms with Crippen LogP contribution in [0.15, 0.2) is 29.3 Å². The largest absolute Gasteiger partial charge is 0.356 e. The van der Waals surface area contributed by atoms with E-state index in [1.165, 1.54) is 0 Å². The fourth-order valence-corrected chi connectivity index (χ4v) is 2.49. The van der Waals surface area contributed by atoms with E-state index in [2.05, 4.69) is 41.3 Å². The average Bonchev–Trinajstić information content (AvgIpc) is 3.31. The molecule has 3 rings (SSSR count). The van der Waals surface area contributed by atoms with E-state index in [0.717, 1.165) is 42.5 Å². The maximum atomic E-state index is 12.4. The summed E-state index contributed by atoms with van der Waals surface area (Å²) in [6, 6.07) is 6.58. The number of rotatable bonds is 5. The summed E-state index contributed by atoms with van der Waals surface area (Å²) < 4.78 is 1.57. The molecule has 0 radical (unpaired) electrons. The molecular weight excluding hydrogens is 264 g/mol. The van der Waals surface area contributed by atoms with Gasteiger partial charge in [-0.25, -0.2) is 9.78 Å². The Morgan fingerprint density at radius 3 is 2.43 bits per heavy atom. The molecule has 0 unspecified atom stereocenters. The molecule has 1 saturated carbocycles. The summed E-state index contributed by atoms with van der Waals surface area (Å²) in [7, 11) is 0. The zero-order chi connectivity index (χ0) is 14.8. The molecule has 5 heteroatoms. The van der Waals surface area contributed by atoms with Crippen LogP contribution in [0.4, 0.5) is 5.95 Å². The van der Waals surface area contributed by atoms with Crippen molar-refractivity contribution in [3.8, 4) is 5.69 Å². The normalized spacial score (nSPS) is 14.2. The quantitative estimate of drug-likeness (QED) is 0.915. The molecule has 1 aliphatic carbocycles. The predicted octanol–water partition coefficient (Wildman–Crippen LogP) is 2.33. The molecule has 0 saturated heterocycles. The molecule has 21 heavy (non-hydrogen) atoms. The molecule has 0 spiro atoms. The lowest BCUT2D eigenvalue weighted by Gasteiger charge is -2.14. The van der Waals surface area contributed by atoms with Gasteiger partial charge in [0.05, 0.1) is 5.69 Å². The number of benzene rings is 1. The summed E-state index contributed by atoms with van der Waals surface area (Å²) in [5.74, 6) is 0.436. The number of nitrogens with one attached hydrogen (secondary N) is 1. The minimum absolute atomic E-state index is 0.274. The first-order chi connectivity index (χ1) is 10.2. The first-order valence-electron chi connectivity index (χ1n) is 7.56. The zero-order valence-electron chi connectivity index (χ0n) is 12.5. The van der Waals surface area contributed by atoms with Crippen LogP contribution < -0.4 is 11.0 Å². The molecule has 0 aliphatic heterocycles. The molecule has 110 valence electrons. The van der Waals surface area contributed by atoms with Crippen molar-refractivity contribution in [2.24, 2.45) is 0 Å². The van der Waals surface area contributed by atoms with E-state index < -0.39 is 0 Å². The monoisotopic (exact) mass is 284 g/mol. The summed E-state index contributed by atoms with van der Waals surface area (Å²) in [6.45, 7) is 4.18. The number of aromatic nitrogens is 3. The number of aryl methyl sites for hydroxylation is 2. The minimum Gasteiger partial charge on any atom is -0.351 e. The Morgan fingerprint density at radius 2 is 1.90 bits per heavy atom. The van der Waals surface area contributed by atoms with Crippen LogP contribution in [-0.2, 0) is 12.8 Å². The lowest BCUT2D eigenvalue weighted by molar-refractivity contribution is 0.831. The second kappa shape index (κ2) is 5.68. The highest BCUT2D eigenvalue weighted by molar-refractivity contribution is 5.48. The van der Waals surface area contributed by atoms with Gasteiger partial charge >= 0.3 is 5.69 Å². The van der Waals surface area contributed by atoms with Gasteiger partial charge in [-0.05, 0) is 36.8 Å². The van der Waals surface area contributed by atoms with Gasteiger partial charge in [-0.3, -0.25) is 4.57 Å². The van der Waals surface area contributed by atoms with Gasteiger partial charge in [-0.2, -0.15) is 4.98 Å². The van der Waals surface area contributed by atoms with Crippen molar-refractivity contribution in [3.05, 3.63) is 46.1 Å². The molecular formula is C16H20N4O. The van der Waals surface area contributed by atoms with Crippen LogP contribution in [0.25, 0.3) is 5.69 Å². The van der Waals surface area contributed by atoms with E-state index in [-0.39, 0.29) is 5.69 Å². The first-order valence-corrected chi connectivity index (χ1v) is 7.56. The molecule has 1 fully saturated rings. The Balaban J connectivity index is 2.05. The second-order valence-electron chi connectivity index (χ2n) is 5.38. The van der Waals surface area contributed by atoms with Gasteiger partial charge in [-0.1, -0.05) is 32.0 Å². The first kappa shape index (κ1) is 13.8. The molecule has 1 aromatic heterocycles. The SMILES string of the molecule is CCc1cccc(CC)c1-n1cnc(NC2CC2)nc1=O. The van der Waals surface area contributed by atoms with Gasteiger partial charge in [0.15, 0.2) is 0 Å². The van der Waals surface area contributed by atoms with Gasteiger partial charge in [0, 0.05) is 6.04 Å². The minimum atomic E-state index is -0.274. The van der Waals surface area contributed by atoms with Crippen LogP contribution in [0.2, 0.25) is 0 Å². The third-order valence-electron chi connectivity index (χ3n) is 3.82. The van der Waals surface area contributed by atoms with Crippen molar-refractivity contribution in [2.45, 2.75) is 45.6 Å². The Kier molecular flexibility index (Phi) is 3.73. The standard InChI is InChI=1S/C16H20N4O/c1-3-11-6-5-7-12(4-2)14(11)20-10-17-15(19-16(20)21)18-13-8-9-13/h5-7,10,13H,3-4,8-9H2,1-2H3,(H,18,19,21). The van der Waals surface area contributed by atoms with Gasteiger partial charge < -0.3 is 5.32 Å². The summed E-state index contributed by atoms with van der Waals surface area (Å²) in [5, 5.41) is 3.16. The van der Waals surface area contributed by atoms with E-state index in [4.69, 9.17) is 0 Å². The molecule has 0 amide bonds. The smallest absolute Gasteiger partial charge is 0.351 e. The third kappa shape index (κ3) is 2.82. The van der Waals surface area contributed by atoms with E-state index in [9.17, 15) is 4.79 Å². The lowest BCUT2D eigenvalue weighted by atomic mass is 10.0. The number of nitrogens with zero attached hydrogens (tertiary/aromatic N) is 3. The highest BCUT2D eigenvalue weighted by atomic mass is 16.1. The van der Waals surface area contributed by atoms with Crippen LogP contribution in [0, 0.1) is 0 Å². The van der Waals surface area contributed by atoms with Crippen molar-refractivity contribution >= 4 is 5.95 Å². The van der Waals surface area contributed by atoms with E-state index in [1.54, 1.807) is 10.9 Å². The zero-order valence-corrected chi connectivity index (χ0v) is 12.5. The van der Waals surface area contributed by atoms with Crippen molar-refractivity contribution in [2.75, 3.05) is 5.32 Å². The molecule has 1 aromatic carbocycles. The highest BCUT2D eigenvalue weighted by Gasteiger charge is 2.22. The molecule has 0 atom stereocenters. The van der Waals surface area contributed by atoms with Crippen molar-refractivity contribution in [3.63, 3.8) is 0 Å².